The van der Waals surface area contributed by atoms with Crippen LogP contribution >= 0.6 is 0 Å². The number of hydrogen-bond acceptors (Lipinski definition) is 6. The first-order valence-corrected chi connectivity index (χ1v) is 10.2. The standard InChI is InChI=1S/C22H27N5O3/c1-14-9-15(2)19(23-11-14)25-5-7-26(8-6-25)21(28)18-10-16(3)20(24-12-18)27-17(4)13-30-22(27)29/h9-12,17H,5-8,13H2,1-4H3. The molecular weight excluding hydrogens is 382 g/mol. The zero-order chi connectivity index (χ0) is 21.4. The van der Waals surface area contributed by atoms with Crippen molar-refractivity contribution < 1.29 is 14.3 Å². The average Bonchev–Trinajstić information content (AvgIpc) is 3.06. The molecule has 0 saturated carbocycles. The molecule has 0 aliphatic carbocycles. The highest BCUT2D eigenvalue weighted by Crippen LogP contribution is 2.26. The molecule has 8 heteroatoms. The molecule has 2 aromatic rings. The van der Waals surface area contributed by atoms with Gasteiger partial charge in [-0.25, -0.2) is 14.8 Å². The fraction of sp³-hybridized carbons (Fsp3) is 0.455. The quantitative estimate of drug-likeness (QED) is 0.776. The molecular formula is C22H27N5O3. The second kappa shape index (κ2) is 7.93. The third-order valence-corrected chi connectivity index (χ3v) is 5.67. The molecule has 2 fully saturated rings. The van der Waals surface area contributed by atoms with Crippen LogP contribution in [0.3, 0.4) is 0 Å². The number of nitrogens with zero attached hydrogens (tertiary/aromatic N) is 5. The summed E-state index contributed by atoms with van der Waals surface area (Å²) in [5.74, 6) is 1.50. The summed E-state index contributed by atoms with van der Waals surface area (Å²) >= 11 is 0. The summed E-state index contributed by atoms with van der Waals surface area (Å²) in [5.41, 5.74) is 3.62. The van der Waals surface area contributed by atoms with E-state index < -0.39 is 6.09 Å². The van der Waals surface area contributed by atoms with Crippen molar-refractivity contribution in [2.75, 3.05) is 42.6 Å². The Morgan fingerprint density at radius 3 is 2.27 bits per heavy atom. The Morgan fingerprint density at radius 2 is 1.67 bits per heavy atom. The summed E-state index contributed by atoms with van der Waals surface area (Å²) in [7, 11) is 0. The Morgan fingerprint density at radius 1 is 1.00 bits per heavy atom. The fourth-order valence-corrected chi connectivity index (χ4v) is 4.09. The van der Waals surface area contributed by atoms with Crippen molar-refractivity contribution in [3.8, 4) is 0 Å². The number of aryl methyl sites for hydroxylation is 3. The Kier molecular flexibility index (Phi) is 5.32. The number of pyridine rings is 2. The van der Waals surface area contributed by atoms with Gasteiger partial charge in [0.05, 0.1) is 11.6 Å². The molecule has 1 unspecified atom stereocenters. The van der Waals surface area contributed by atoms with Crippen molar-refractivity contribution in [3.63, 3.8) is 0 Å². The molecule has 2 saturated heterocycles. The van der Waals surface area contributed by atoms with Crippen molar-refractivity contribution in [1.82, 2.24) is 14.9 Å². The van der Waals surface area contributed by atoms with Gasteiger partial charge in [0, 0.05) is 38.6 Å². The number of rotatable bonds is 3. The van der Waals surface area contributed by atoms with Crippen molar-refractivity contribution in [3.05, 3.63) is 46.8 Å². The van der Waals surface area contributed by atoms with E-state index in [0.29, 0.717) is 31.1 Å². The van der Waals surface area contributed by atoms with Gasteiger partial charge in [0.25, 0.3) is 5.91 Å². The lowest BCUT2D eigenvalue weighted by atomic mass is 10.1. The lowest BCUT2D eigenvalue weighted by Crippen LogP contribution is -2.49. The van der Waals surface area contributed by atoms with Gasteiger partial charge in [0.2, 0.25) is 0 Å². The zero-order valence-corrected chi connectivity index (χ0v) is 17.9. The van der Waals surface area contributed by atoms with Crippen LogP contribution in [0.2, 0.25) is 0 Å². The normalized spacial score (nSPS) is 19.3. The monoisotopic (exact) mass is 409 g/mol. The van der Waals surface area contributed by atoms with Gasteiger partial charge in [-0.3, -0.25) is 9.69 Å². The first-order chi connectivity index (χ1) is 14.3. The molecule has 4 rings (SSSR count). The molecule has 0 aromatic carbocycles. The molecule has 0 bridgehead atoms. The first-order valence-electron chi connectivity index (χ1n) is 10.2. The third kappa shape index (κ3) is 3.69. The fourth-order valence-electron chi connectivity index (χ4n) is 4.09. The summed E-state index contributed by atoms with van der Waals surface area (Å²) in [4.78, 5) is 39.6. The van der Waals surface area contributed by atoms with Crippen LogP contribution in [-0.4, -0.2) is 65.7 Å². The van der Waals surface area contributed by atoms with Gasteiger partial charge < -0.3 is 14.5 Å². The molecule has 4 heterocycles. The highest BCUT2D eigenvalue weighted by atomic mass is 16.6. The number of carbonyl (C=O) groups is 2. The Balaban J connectivity index is 1.44. The SMILES string of the molecule is Cc1cnc(N2CCN(C(=O)c3cnc(N4C(=O)OCC4C)c(C)c3)CC2)c(C)c1. The summed E-state index contributed by atoms with van der Waals surface area (Å²) in [5, 5.41) is 0. The molecule has 0 N–H and O–H groups in total. The highest BCUT2D eigenvalue weighted by molar-refractivity contribution is 5.95. The van der Waals surface area contributed by atoms with Crippen molar-refractivity contribution in [1.29, 1.82) is 0 Å². The van der Waals surface area contributed by atoms with Crippen molar-refractivity contribution in [2.45, 2.75) is 33.7 Å². The molecule has 8 nitrogen and oxygen atoms in total. The van der Waals surface area contributed by atoms with Crippen LogP contribution in [0.1, 0.15) is 34.0 Å². The minimum absolute atomic E-state index is 0.0394. The molecule has 0 radical (unpaired) electrons. The van der Waals surface area contributed by atoms with E-state index in [4.69, 9.17) is 4.74 Å². The summed E-state index contributed by atoms with van der Waals surface area (Å²) in [6.45, 7) is 11.0. The molecule has 2 aliphatic rings. The lowest BCUT2D eigenvalue weighted by Gasteiger charge is -2.36. The average molecular weight is 409 g/mol. The third-order valence-electron chi connectivity index (χ3n) is 5.67. The largest absolute Gasteiger partial charge is 0.447 e. The van der Waals surface area contributed by atoms with E-state index in [0.717, 1.165) is 35.6 Å². The second-order valence-electron chi connectivity index (χ2n) is 8.09. The number of hydrogen-bond donors (Lipinski definition) is 0. The van der Waals surface area contributed by atoms with Crippen LogP contribution in [0.4, 0.5) is 16.4 Å². The molecule has 2 aromatic heterocycles. The highest BCUT2D eigenvalue weighted by Gasteiger charge is 2.33. The molecule has 2 aliphatic heterocycles. The van der Waals surface area contributed by atoms with E-state index in [1.54, 1.807) is 17.2 Å². The van der Waals surface area contributed by atoms with E-state index in [-0.39, 0.29) is 11.9 Å². The van der Waals surface area contributed by atoms with E-state index in [2.05, 4.69) is 27.9 Å². The number of anilines is 2. The Bertz CT molecular complexity index is 985. The number of ether oxygens (including phenoxy) is 1. The lowest BCUT2D eigenvalue weighted by molar-refractivity contribution is 0.0746. The maximum absolute atomic E-state index is 13.0. The van der Waals surface area contributed by atoms with E-state index in [1.165, 1.54) is 0 Å². The summed E-state index contributed by atoms with van der Waals surface area (Å²) < 4.78 is 5.08. The van der Waals surface area contributed by atoms with Crippen LogP contribution in [0.5, 0.6) is 0 Å². The van der Waals surface area contributed by atoms with Crippen LogP contribution < -0.4 is 9.80 Å². The van der Waals surface area contributed by atoms with Crippen LogP contribution in [0.25, 0.3) is 0 Å². The van der Waals surface area contributed by atoms with E-state index in [9.17, 15) is 9.59 Å². The van der Waals surface area contributed by atoms with Gasteiger partial charge in [-0.05, 0) is 50.5 Å². The minimum atomic E-state index is -0.395. The van der Waals surface area contributed by atoms with E-state index in [1.807, 2.05) is 31.9 Å². The maximum atomic E-state index is 13.0. The van der Waals surface area contributed by atoms with Gasteiger partial charge in [0.15, 0.2) is 0 Å². The summed E-state index contributed by atoms with van der Waals surface area (Å²) in [6, 6.07) is 3.87. The number of amides is 2. The molecule has 0 spiro atoms. The Labute approximate surface area is 176 Å². The number of carbonyl (C=O) groups excluding carboxylic acids is 2. The molecule has 1 atom stereocenters. The van der Waals surface area contributed by atoms with Gasteiger partial charge >= 0.3 is 6.09 Å². The molecule has 2 amide bonds. The number of aromatic nitrogens is 2. The predicted octanol–water partition coefficient (Wildman–Crippen LogP) is 2.71. The van der Waals surface area contributed by atoms with Gasteiger partial charge in [-0.1, -0.05) is 6.07 Å². The smallest absolute Gasteiger partial charge is 0.415 e. The minimum Gasteiger partial charge on any atom is -0.447 e. The second-order valence-corrected chi connectivity index (χ2v) is 8.09. The first kappa shape index (κ1) is 20.1. The Hall–Kier alpha value is -3.16. The van der Waals surface area contributed by atoms with Crippen molar-refractivity contribution in [2.24, 2.45) is 0 Å². The van der Waals surface area contributed by atoms with Gasteiger partial charge in [0.1, 0.15) is 18.2 Å². The number of cyclic esters (lactones) is 1. The molecule has 30 heavy (non-hydrogen) atoms. The van der Waals surface area contributed by atoms with Gasteiger partial charge in [-0.2, -0.15) is 0 Å². The van der Waals surface area contributed by atoms with Crippen LogP contribution in [-0.2, 0) is 4.74 Å². The number of piperazine rings is 1. The topological polar surface area (TPSA) is 78.9 Å². The predicted molar refractivity (Wildman–Crippen MR) is 114 cm³/mol. The maximum Gasteiger partial charge on any atom is 0.415 e. The van der Waals surface area contributed by atoms with E-state index >= 15 is 0 Å². The summed E-state index contributed by atoms with van der Waals surface area (Å²) in [6.07, 6.45) is 3.04. The zero-order valence-electron chi connectivity index (χ0n) is 17.9. The van der Waals surface area contributed by atoms with Crippen molar-refractivity contribution >= 4 is 23.6 Å². The van der Waals surface area contributed by atoms with Gasteiger partial charge in [-0.15, -0.1) is 0 Å². The van der Waals surface area contributed by atoms with Crippen LogP contribution in [0, 0.1) is 20.8 Å². The molecule has 158 valence electrons. The van der Waals surface area contributed by atoms with Crippen LogP contribution in [0.15, 0.2) is 24.5 Å².